The molecule has 0 spiro atoms. The molecule has 1 rings (SSSR count). The molecule has 0 aliphatic carbocycles. The van der Waals surface area contributed by atoms with Crippen molar-refractivity contribution in [2.24, 2.45) is 0 Å². The minimum absolute atomic E-state index is 0.0417. The molecule has 0 heterocycles. The Balaban J connectivity index is 2.98. The molecule has 0 aliphatic heterocycles. The number of hydrogen-bond acceptors (Lipinski definition) is 4. The minimum atomic E-state index is -0.931. The van der Waals surface area contributed by atoms with Crippen molar-refractivity contribution in [2.45, 2.75) is 6.92 Å². The summed E-state index contributed by atoms with van der Waals surface area (Å²) < 4.78 is 21.9. The number of rotatable bonds is 1. The highest BCUT2D eigenvalue weighted by Crippen LogP contribution is 2.25. The maximum Gasteiger partial charge on any atom is 0.513 e. The number of anilines is 1. The van der Waals surface area contributed by atoms with Crippen LogP contribution in [0, 0.1) is 12.7 Å². The lowest BCUT2D eigenvalue weighted by molar-refractivity contribution is 0.121. The van der Waals surface area contributed by atoms with Gasteiger partial charge < -0.3 is 15.2 Å². The maximum absolute atomic E-state index is 13.0. The summed E-state index contributed by atoms with van der Waals surface area (Å²) in [4.78, 5) is 10.7. The second kappa shape index (κ2) is 3.95. The van der Waals surface area contributed by atoms with Crippen LogP contribution in [-0.4, -0.2) is 13.3 Å². The van der Waals surface area contributed by atoms with E-state index in [9.17, 15) is 9.18 Å². The molecule has 0 atom stereocenters. The molecule has 5 heteroatoms. The lowest BCUT2D eigenvalue weighted by Crippen LogP contribution is -2.09. The van der Waals surface area contributed by atoms with E-state index < -0.39 is 12.0 Å². The quantitative estimate of drug-likeness (QED) is 0.426. The van der Waals surface area contributed by atoms with E-state index in [-0.39, 0.29) is 11.4 Å². The number of ether oxygens (including phenoxy) is 2. The van der Waals surface area contributed by atoms with Gasteiger partial charge in [0.25, 0.3) is 0 Å². The van der Waals surface area contributed by atoms with Crippen molar-refractivity contribution >= 4 is 11.8 Å². The zero-order chi connectivity index (χ0) is 10.7. The van der Waals surface area contributed by atoms with E-state index >= 15 is 0 Å². The second-order valence-electron chi connectivity index (χ2n) is 2.70. The molecular formula is C9H10FNO3. The van der Waals surface area contributed by atoms with Crippen molar-refractivity contribution in [3.63, 3.8) is 0 Å². The molecule has 0 saturated heterocycles. The Labute approximate surface area is 80.4 Å². The summed E-state index contributed by atoms with van der Waals surface area (Å²) in [6, 6.07) is 2.43. The van der Waals surface area contributed by atoms with Gasteiger partial charge in [-0.3, -0.25) is 0 Å². The van der Waals surface area contributed by atoms with Crippen molar-refractivity contribution in [3.05, 3.63) is 23.5 Å². The Hall–Kier alpha value is -1.78. The largest absolute Gasteiger partial charge is 0.513 e. The Morgan fingerprint density at radius 3 is 2.71 bits per heavy atom. The summed E-state index contributed by atoms with van der Waals surface area (Å²) in [5.41, 5.74) is 6.07. The summed E-state index contributed by atoms with van der Waals surface area (Å²) in [6.07, 6.45) is -0.931. The predicted octanol–water partition coefficient (Wildman–Crippen LogP) is 1.86. The van der Waals surface area contributed by atoms with E-state index in [1.807, 2.05) is 0 Å². The van der Waals surface area contributed by atoms with Crippen LogP contribution in [-0.2, 0) is 4.74 Å². The smallest absolute Gasteiger partial charge is 0.437 e. The summed E-state index contributed by atoms with van der Waals surface area (Å²) in [7, 11) is 1.16. The van der Waals surface area contributed by atoms with Crippen LogP contribution in [0.3, 0.4) is 0 Å². The average Bonchev–Trinajstić information content (AvgIpc) is 2.14. The van der Waals surface area contributed by atoms with Crippen molar-refractivity contribution < 1.29 is 18.7 Å². The van der Waals surface area contributed by atoms with Crippen molar-refractivity contribution in [2.75, 3.05) is 12.8 Å². The minimum Gasteiger partial charge on any atom is -0.437 e. The van der Waals surface area contributed by atoms with Gasteiger partial charge in [-0.2, -0.15) is 0 Å². The molecule has 0 bridgehead atoms. The van der Waals surface area contributed by atoms with E-state index in [1.165, 1.54) is 6.07 Å². The molecule has 1 aromatic rings. The number of carbonyl (C=O) groups excluding carboxylic acids is 1. The molecule has 0 aliphatic rings. The fourth-order valence-corrected chi connectivity index (χ4v) is 0.905. The van der Waals surface area contributed by atoms with E-state index in [0.717, 1.165) is 13.2 Å². The highest BCUT2D eigenvalue weighted by molar-refractivity contribution is 5.67. The fourth-order valence-electron chi connectivity index (χ4n) is 0.905. The molecular weight excluding hydrogens is 189 g/mol. The molecule has 1 aromatic carbocycles. The molecule has 0 radical (unpaired) electrons. The van der Waals surface area contributed by atoms with Gasteiger partial charge in [-0.15, -0.1) is 0 Å². The van der Waals surface area contributed by atoms with Crippen LogP contribution in [0.4, 0.5) is 14.9 Å². The molecule has 14 heavy (non-hydrogen) atoms. The normalized spacial score (nSPS) is 9.64. The first-order valence-corrected chi connectivity index (χ1v) is 3.86. The van der Waals surface area contributed by atoms with Crippen molar-refractivity contribution in [1.82, 2.24) is 0 Å². The maximum atomic E-state index is 13.0. The number of nitrogen functional groups attached to an aromatic ring is 1. The Morgan fingerprint density at radius 2 is 2.14 bits per heavy atom. The van der Waals surface area contributed by atoms with Crippen LogP contribution < -0.4 is 10.5 Å². The van der Waals surface area contributed by atoms with Gasteiger partial charge in [0.15, 0.2) is 5.75 Å². The highest BCUT2D eigenvalue weighted by Gasteiger charge is 2.10. The molecule has 4 nitrogen and oxygen atoms in total. The van der Waals surface area contributed by atoms with Gasteiger partial charge in [-0.05, 0) is 18.6 Å². The third kappa shape index (κ3) is 2.12. The van der Waals surface area contributed by atoms with Crippen LogP contribution >= 0.6 is 0 Å². The monoisotopic (exact) mass is 199 g/mol. The van der Waals surface area contributed by atoms with Crippen LogP contribution in [0.15, 0.2) is 12.1 Å². The summed E-state index contributed by atoms with van der Waals surface area (Å²) >= 11 is 0. The molecule has 0 unspecified atom stereocenters. The van der Waals surface area contributed by atoms with Gasteiger partial charge in [-0.25, -0.2) is 9.18 Å². The molecule has 2 N–H and O–H groups in total. The number of halogens is 1. The second-order valence-corrected chi connectivity index (χ2v) is 2.70. The molecule has 0 fully saturated rings. The summed E-state index contributed by atoms with van der Waals surface area (Å²) in [5.74, 6) is -0.530. The van der Waals surface area contributed by atoms with Gasteiger partial charge in [0.05, 0.1) is 12.8 Å². The molecule has 76 valence electrons. The van der Waals surface area contributed by atoms with Crippen LogP contribution in [0.1, 0.15) is 5.56 Å². The zero-order valence-corrected chi connectivity index (χ0v) is 7.83. The first-order chi connectivity index (χ1) is 6.54. The topological polar surface area (TPSA) is 61.5 Å². The number of nitrogens with two attached hydrogens (primary N) is 1. The van der Waals surface area contributed by atoms with E-state index in [2.05, 4.69) is 9.47 Å². The van der Waals surface area contributed by atoms with Gasteiger partial charge in [0, 0.05) is 6.07 Å². The Bertz CT molecular complexity index is 365. The van der Waals surface area contributed by atoms with E-state index in [1.54, 1.807) is 6.92 Å². The Kier molecular flexibility index (Phi) is 2.91. The number of aryl methyl sites for hydroxylation is 1. The van der Waals surface area contributed by atoms with Crippen molar-refractivity contribution in [3.8, 4) is 5.75 Å². The third-order valence-electron chi connectivity index (χ3n) is 1.65. The SMILES string of the molecule is COC(=O)Oc1cc(F)c(C)cc1N. The number of methoxy groups -OCH3 is 1. The van der Waals surface area contributed by atoms with Crippen LogP contribution in [0.2, 0.25) is 0 Å². The van der Waals surface area contributed by atoms with Crippen LogP contribution in [0.5, 0.6) is 5.75 Å². The Morgan fingerprint density at radius 1 is 1.50 bits per heavy atom. The van der Waals surface area contributed by atoms with Crippen molar-refractivity contribution in [1.29, 1.82) is 0 Å². The number of benzene rings is 1. The molecule has 0 aromatic heterocycles. The first kappa shape index (κ1) is 10.3. The van der Waals surface area contributed by atoms with E-state index in [0.29, 0.717) is 5.56 Å². The third-order valence-corrected chi connectivity index (χ3v) is 1.65. The lowest BCUT2D eigenvalue weighted by atomic mass is 10.2. The standard InChI is InChI=1S/C9H10FNO3/c1-5-3-7(11)8(4-6(5)10)14-9(12)13-2/h3-4H,11H2,1-2H3. The van der Waals surface area contributed by atoms with Gasteiger partial charge in [0.2, 0.25) is 0 Å². The number of hydrogen-bond donors (Lipinski definition) is 1. The lowest BCUT2D eigenvalue weighted by Gasteiger charge is -2.06. The van der Waals surface area contributed by atoms with Crippen LogP contribution in [0.25, 0.3) is 0 Å². The first-order valence-electron chi connectivity index (χ1n) is 3.86. The number of carbonyl (C=O) groups is 1. The zero-order valence-electron chi connectivity index (χ0n) is 7.83. The summed E-state index contributed by atoms with van der Waals surface area (Å²) in [6.45, 7) is 1.56. The van der Waals surface area contributed by atoms with Gasteiger partial charge in [-0.1, -0.05) is 0 Å². The predicted molar refractivity (Wildman–Crippen MR) is 48.6 cm³/mol. The van der Waals surface area contributed by atoms with E-state index in [4.69, 9.17) is 5.73 Å². The fraction of sp³-hybridized carbons (Fsp3) is 0.222. The molecule has 0 amide bonds. The van der Waals surface area contributed by atoms with Gasteiger partial charge in [0.1, 0.15) is 5.82 Å². The summed E-state index contributed by atoms with van der Waals surface area (Å²) in [5, 5.41) is 0. The highest BCUT2D eigenvalue weighted by atomic mass is 19.1. The molecule has 0 saturated carbocycles. The van der Waals surface area contributed by atoms with Gasteiger partial charge >= 0.3 is 6.16 Å². The average molecular weight is 199 g/mol.